The summed E-state index contributed by atoms with van der Waals surface area (Å²) >= 11 is 5.99. The lowest BCUT2D eigenvalue weighted by Crippen LogP contribution is -2.21. The van der Waals surface area contributed by atoms with Crippen molar-refractivity contribution in [1.29, 1.82) is 5.26 Å². The number of aromatic nitrogens is 2. The van der Waals surface area contributed by atoms with Gasteiger partial charge >= 0.3 is 0 Å². The fourth-order valence-corrected chi connectivity index (χ4v) is 3.76. The van der Waals surface area contributed by atoms with E-state index in [1.54, 1.807) is 0 Å². The molecule has 0 radical (unpaired) electrons. The highest BCUT2D eigenvalue weighted by molar-refractivity contribution is 6.30. The zero-order chi connectivity index (χ0) is 22.0. The molecule has 0 aliphatic carbocycles. The molecule has 1 aliphatic rings. The molecule has 31 heavy (non-hydrogen) atoms. The van der Waals surface area contributed by atoms with E-state index in [2.05, 4.69) is 16.3 Å². The van der Waals surface area contributed by atoms with Crippen LogP contribution in [0.4, 0.5) is 0 Å². The van der Waals surface area contributed by atoms with Gasteiger partial charge in [-0.15, -0.1) is 5.10 Å². The lowest BCUT2D eigenvalue weighted by Gasteiger charge is -2.26. The average molecular weight is 437 g/mol. The molecule has 0 saturated heterocycles. The molecule has 4 rings (SSSR count). The molecule has 7 nitrogen and oxygen atoms in total. The van der Waals surface area contributed by atoms with Crippen LogP contribution in [0.15, 0.2) is 53.9 Å². The van der Waals surface area contributed by atoms with E-state index in [0.717, 1.165) is 22.4 Å². The van der Waals surface area contributed by atoms with E-state index in [4.69, 9.17) is 31.5 Å². The van der Waals surface area contributed by atoms with E-state index in [9.17, 15) is 5.26 Å². The minimum Gasteiger partial charge on any atom is -0.490 e. The molecule has 2 aromatic carbocycles. The Hall–Kier alpha value is -3.63. The van der Waals surface area contributed by atoms with Crippen molar-refractivity contribution in [2.45, 2.75) is 26.4 Å². The van der Waals surface area contributed by atoms with Crippen molar-refractivity contribution >= 4 is 11.6 Å². The number of ether oxygens (including phenoxy) is 3. The molecule has 1 aliphatic heterocycles. The summed E-state index contributed by atoms with van der Waals surface area (Å²) in [4.78, 5) is 0. The Kier molecular flexibility index (Phi) is 5.74. The number of nitrogens with zero attached hydrogens (tertiary/aromatic N) is 2. The monoisotopic (exact) mass is 436 g/mol. The van der Waals surface area contributed by atoms with Gasteiger partial charge in [-0.3, -0.25) is 5.10 Å². The SMILES string of the molecule is CCOc1cccc(C2C(C#N)=C(N)Oc3n[nH]c(C)c32)c1OCc1ccc(Cl)cc1. The van der Waals surface area contributed by atoms with Crippen molar-refractivity contribution in [2.24, 2.45) is 5.73 Å². The van der Waals surface area contributed by atoms with Gasteiger partial charge in [0.1, 0.15) is 18.2 Å². The Bertz CT molecular complexity index is 1180. The summed E-state index contributed by atoms with van der Waals surface area (Å²) in [6.45, 7) is 4.55. The molecule has 1 unspecified atom stereocenters. The molecule has 0 bridgehead atoms. The maximum Gasteiger partial charge on any atom is 0.244 e. The number of halogens is 1. The topological polar surface area (TPSA) is 106 Å². The Balaban J connectivity index is 1.82. The van der Waals surface area contributed by atoms with Gasteiger partial charge in [0, 0.05) is 21.8 Å². The molecule has 3 N–H and O–H groups in total. The first-order chi connectivity index (χ1) is 15.0. The van der Waals surface area contributed by atoms with E-state index in [0.29, 0.717) is 41.2 Å². The van der Waals surface area contributed by atoms with Crippen molar-refractivity contribution in [1.82, 2.24) is 10.2 Å². The molecule has 8 heteroatoms. The van der Waals surface area contributed by atoms with E-state index >= 15 is 0 Å². The maximum absolute atomic E-state index is 9.86. The van der Waals surface area contributed by atoms with Crippen molar-refractivity contribution < 1.29 is 14.2 Å². The second kappa shape index (κ2) is 8.62. The van der Waals surface area contributed by atoms with Gasteiger partial charge in [0.25, 0.3) is 0 Å². The fraction of sp³-hybridized carbons (Fsp3) is 0.217. The predicted octanol–water partition coefficient (Wildman–Crippen LogP) is 4.57. The van der Waals surface area contributed by atoms with Crippen LogP contribution >= 0.6 is 11.6 Å². The minimum atomic E-state index is -0.506. The number of para-hydroxylation sites is 1. The number of H-pyrrole nitrogens is 1. The molecule has 0 amide bonds. The number of nitrogens with two attached hydrogens (primary N) is 1. The highest BCUT2D eigenvalue weighted by Gasteiger charge is 2.36. The van der Waals surface area contributed by atoms with Gasteiger partial charge in [0.05, 0.1) is 12.5 Å². The Labute approximate surface area is 185 Å². The van der Waals surface area contributed by atoms with E-state index < -0.39 is 5.92 Å². The van der Waals surface area contributed by atoms with Gasteiger partial charge in [-0.05, 0) is 37.6 Å². The molecule has 158 valence electrons. The summed E-state index contributed by atoms with van der Waals surface area (Å²) in [5, 5.41) is 17.6. The van der Waals surface area contributed by atoms with Crippen LogP contribution < -0.4 is 19.9 Å². The van der Waals surface area contributed by atoms with Crippen molar-refractivity contribution in [3.63, 3.8) is 0 Å². The van der Waals surface area contributed by atoms with E-state index in [1.807, 2.05) is 56.3 Å². The normalized spacial score (nSPS) is 15.1. The minimum absolute atomic E-state index is 0.0250. The maximum atomic E-state index is 9.86. The number of fused-ring (bicyclic) bond motifs is 1. The van der Waals surface area contributed by atoms with Crippen molar-refractivity contribution in [2.75, 3.05) is 6.61 Å². The van der Waals surface area contributed by atoms with Crippen LogP contribution in [0.25, 0.3) is 0 Å². The number of aromatic amines is 1. The van der Waals surface area contributed by atoms with Crippen LogP contribution in [-0.2, 0) is 6.61 Å². The molecular formula is C23H21ClN4O3. The molecule has 1 atom stereocenters. The summed E-state index contributed by atoms with van der Waals surface area (Å²) < 4.78 is 17.7. The number of nitrogens with one attached hydrogen (secondary N) is 1. The highest BCUT2D eigenvalue weighted by atomic mass is 35.5. The quantitative estimate of drug-likeness (QED) is 0.586. The van der Waals surface area contributed by atoms with Crippen LogP contribution in [0.1, 0.15) is 35.2 Å². The van der Waals surface area contributed by atoms with Crippen LogP contribution in [0.3, 0.4) is 0 Å². The molecule has 1 aromatic heterocycles. The number of allylic oxidation sites excluding steroid dienone is 1. The molecule has 3 aromatic rings. The van der Waals surface area contributed by atoms with Crippen LogP contribution in [0, 0.1) is 18.3 Å². The number of benzene rings is 2. The third kappa shape index (κ3) is 3.90. The first kappa shape index (κ1) is 20.6. The number of nitriles is 1. The summed E-state index contributed by atoms with van der Waals surface area (Å²) in [5.41, 5.74) is 9.58. The lowest BCUT2D eigenvalue weighted by molar-refractivity contribution is 0.266. The van der Waals surface area contributed by atoms with Gasteiger partial charge in [0.15, 0.2) is 11.5 Å². The van der Waals surface area contributed by atoms with Crippen molar-refractivity contribution in [3.8, 4) is 23.4 Å². The van der Waals surface area contributed by atoms with Crippen LogP contribution in [0.5, 0.6) is 17.4 Å². The van der Waals surface area contributed by atoms with Gasteiger partial charge in [-0.1, -0.05) is 35.9 Å². The van der Waals surface area contributed by atoms with E-state index in [-0.39, 0.29) is 5.88 Å². The number of hydrogen-bond donors (Lipinski definition) is 2. The second-order valence-corrected chi connectivity index (χ2v) is 7.45. The fourth-order valence-electron chi connectivity index (χ4n) is 3.63. The third-order valence-electron chi connectivity index (χ3n) is 5.05. The lowest BCUT2D eigenvalue weighted by atomic mass is 9.83. The van der Waals surface area contributed by atoms with E-state index in [1.165, 1.54) is 0 Å². The number of hydrogen-bond acceptors (Lipinski definition) is 6. The third-order valence-corrected chi connectivity index (χ3v) is 5.30. The number of aryl methyl sites for hydroxylation is 1. The van der Waals surface area contributed by atoms with Crippen LogP contribution in [-0.4, -0.2) is 16.8 Å². The van der Waals surface area contributed by atoms with Gasteiger partial charge in [-0.2, -0.15) is 5.26 Å². The standard InChI is InChI=1S/C23H21ClN4O3/c1-3-29-18-6-4-5-16(21(18)30-12-14-7-9-15(24)10-8-14)20-17(11-25)22(26)31-23-19(20)13(2)27-28-23/h4-10,20H,3,12,26H2,1-2H3,(H,27,28). The highest BCUT2D eigenvalue weighted by Crippen LogP contribution is 2.47. The Morgan fingerprint density at radius 3 is 2.71 bits per heavy atom. The smallest absolute Gasteiger partial charge is 0.244 e. The predicted molar refractivity (Wildman–Crippen MR) is 116 cm³/mol. The van der Waals surface area contributed by atoms with Gasteiger partial charge in [-0.25, -0.2) is 0 Å². The molecule has 0 fully saturated rings. The zero-order valence-electron chi connectivity index (χ0n) is 17.1. The van der Waals surface area contributed by atoms with Crippen molar-refractivity contribution in [3.05, 3.63) is 81.3 Å². The molecule has 0 saturated carbocycles. The van der Waals surface area contributed by atoms with Gasteiger partial charge in [0.2, 0.25) is 11.8 Å². The molecular weight excluding hydrogens is 416 g/mol. The number of rotatable bonds is 6. The summed E-state index contributed by atoms with van der Waals surface area (Å²) in [5.74, 6) is 0.992. The Morgan fingerprint density at radius 2 is 2.00 bits per heavy atom. The first-order valence-electron chi connectivity index (χ1n) is 9.78. The average Bonchev–Trinajstić information content (AvgIpc) is 3.13. The molecule has 2 heterocycles. The first-order valence-corrected chi connectivity index (χ1v) is 10.2. The molecule has 0 spiro atoms. The van der Waals surface area contributed by atoms with Crippen LogP contribution in [0.2, 0.25) is 5.02 Å². The second-order valence-electron chi connectivity index (χ2n) is 7.01. The largest absolute Gasteiger partial charge is 0.490 e. The van der Waals surface area contributed by atoms with Gasteiger partial charge < -0.3 is 19.9 Å². The summed E-state index contributed by atoms with van der Waals surface area (Å²) in [6.07, 6.45) is 0. The Morgan fingerprint density at radius 1 is 1.23 bits per heavy atom. The zero-order valence-corrected chi connectivity index (χ0v) is 17.9. The summed E-state index contributed by atoms with van der Waals surface area (Å²) in [6, 6.07) is 15.2. The summed E-state index contributed by atoms with van der Waals surface area (Å²) in [7, 11) is 0.